The molecule has 0 N–H and O–H groups in total. The van der Waals surface area contributed by atoms with Crippen molar-refractivity contribution in [3.05, 3.63) is 53.8 Å². The van der Waals surface area contributed by atoms with Gasteiger partial charge in [-0.15, -0.1) is 10.2 Å². The van der Waals surface area contributed by atoms with Crippen molar-refractivity contribution < 1.29 is 18.7 Å². The van der Waals surface area contributed by atoms with E-state index in [1.807, 2.05) is 23.1 Å². The first-order valence-electron chi connectivity index (χ1n) is 10.4. The third-order valence-electron chi connectivity index (χ3n) is 5.54. The van der Waals surface area contributed by atoms with Crippen molar-refractivity contribution in [2.45, 2.75) is 31.8 Å². The zero-order chi connectivity index (χ0) is 21.2. The molecule has 9 heteroatoms. The lowest BCUT2D eigenvalue weighted by Crippen LogP contribution is -2.34. The number of tetrazole rings is 1. The third-order valence-corrected chi connectivity index (χ3v) is 5.54. The maximum absolute atomic E-state index is 13.4. The van der Waals surface area contributed by atoms with Crippen molar-refractivity contribution in [3.8, 4) is 22.9 Å². The maximum atomic E-state index is 13.4. The molecule has 1 saturated heterocycles. The van der Waals surface area contributed by atoms with Crippen LogP contribution in [0.3, 0.4) is 0 Å². The van der Waals surface area contributed by atoms with Crippen molar-refractivity contribution in [1.29, 1.82) is 0 Å². The highest BCUT2D eigenvalue weighted by Crippen LogP contribution is 2.38. The van der Waals surface area contributed by atoms with E-state index in [0.29, 0.717) is 25.3 Å². The molecule has 8 nitrogen and oxygen atoms in total. The first kappa shape index (κ1) is 19.5. The van der Waals surface area contributed by atoms with Crippen LogP contribution in [0.15, 0.2) is 42.5 Å². The average Bonchev–Trinajstić information content (AvgIpc) is 3.38. The molecule has 1 aromatic heterocycles. The van der Waals surface area contributed by atoms with Crippen LogP contribution in [0.4, 0.5) is 4.39 Å². The number of rotatable bonds is 4. The molecule has 1 unspecified atom stereocenters. The van der Waals surface area contributed by atoms with Gasteiger partial charge in [0.15, 0.2) is 11.5 Å². The zero-order valence-electron chi connectivity index (χ0n) is 16.9. The van der Waals surface area contributed by atoms with Crippen LogP contribution in [0.25, 0.3) is 11.4 Å². The quantitative estimate of drug-likeness (QED) is 0.642. The second-order valence-corrected chi connectivity index (χ2v) is 7.66. The van der Waals surface area contributed by atoms with Gasteiger partial charge in [0.25, 0.3) is 0 Å². The highest BCUT2D eigenvalue weighted by molar-refractivity contribution is 5.76. The molecule has 2 aliphatic heterocycles. The molecule has 1 atom stereocenters. The van der Waals surface area contributed by atoms with Crippen LogP contribution in [0.2, 0.25) is 0 Å². The van der Waals surface area contributed by atoms with Crippen molar-refractivity contribution in [1.82, 2.24) is 25.1 Å². The van der Waals surface area contributed by atoms with Gasteiger partial charge in [0.05, 0.1) is 19.3 Å². The van der Waals surface area contributed by atoms with Crippen LogP contribution in [0.5, 0.6) is 11.5 Å². The Morgan fingerprint density at radius 3 is 2.84 bits per heavy atom. The summed E-state index contributed by atoms with van der Waals surface area (Å²) < 4.78 is 25.0. The number of hydrogen-bond acceptors (Lipinski definition) is 6. The van der Waals surface area contributed by atoms with E-state index in [1.165, 1.54) is 16.9 Å². The second kappa shape index (κ2) is 8.33. The number of aromatic nitrogens is 4. The van der Waals surface area contributed by atoms with E-state index in [9.17, 15) is 9.18 Å². The summed E-state index contributed by atoms with van der Waals surface area (Å²) in [5.74, 6) is 1.30. The smallest absolute Gasteiger partial charge is 0.246 e. The van der Waals surface area contributed by atoms with Gasteiger partial charge in [-0.2, -0.15) is 4.80 Å². The van der Waals surface area contributed by atoms with E-state index in [-0.39, 0.29) is 30.1 Å². The van der Waals surface area contributed by atoms with Gasteiger partial charge in [0.2, 0.25) is 11.7 Å². The minimum atomic E-state index is -0.375. The van der Waals surface area contributed by atoms with Gasteiger partial charge < -0.3 is 14.4 Å². The highest BCUT2D eigenvalue weighted by Gasteiger charge is 2.31. The summed E-state index contributed by atoms with van der Waals surface area (Å²) in [4.78, 5) is 16.1. The fourth-order valence-corrected chi connectivity index (χ4v) is 4.06. The van der Waals surface area contributed by atoms with E-state index in [4.69, 9.17) is 9.47 Å². The summed E-state index contributed by atoms with van der Waals surface area (Å²) in [5, 5.41) is 12.2. The van der Waals surface area contributed by atoms with Crippen LogP contribution in [0, 0.1) is 5.82 Å². The van der Waals surface area contributed by atoms with Crippen LogP contribution >= 0.6 is 0 Å². The number of nitrogens with zero attached hydrogens (tertiary/aromatic N) is 5. The molecule has 2 aromatic carbocycles. The second-order valence-electron chi connectivity index (χ2n) is 7.66. The molecule has 2 aliphatic rings. The molecule has 0 spiro atoms. The molecule has 0 bridgehead atoms. The van der Waals surface area contributed by atoms with Crippen LogP contribution in [-0.2, 0) is 11.3 Å². The van der Waals surface area contributed by atoms with E-state index in [0.717, 1.165) is 36.3 Å². The first-order chi connectivity index (χ1) is 15.2. The fraction of sp³-hybridized carbons (Fsp3) is 0.364. The number of likely N-dealkylation sites (tertiary alicyclic amines) is 1. The summed E-state index contributed by atoms with van der Waals surface area (Å²) in [6.07, 6.45) is 2.65. The maximum Gasteiger partial charge on any atom is 0.246 e. The normalized spacial score (nSPS) is 18.1. The lowest BCUT2D eigenvalue weighted by molar-refractivity contribution is -0.133. The lowest BCUT2D eigenvalue weighted by Gasteiger charge is -2.25. The van der Waals surface area contributed by atoms with Crippen molar-refractivity contribution in [2.24, 2.45) is 0 Å². The van der Waals surface area contributed by atoms with E-state index >= 15 is 0 Å². The molecular weight excluding hydrogens is 401 g/mol. The molecule has 0 aliphatic carbocycles. The molecule has 0 radical (unpaired) electrons. The van der Waals surface area contributed by atoms with Gasteiger partial charge >= 0.3 is 0 Å². The Morgan fingerprint density at radius 2 is 1.97 bits per heavy atom. The first-order valence-corrected chi connectivity index (χ1v) is 10.4. The van der Waals surface area contributed by atoms with Crippen molar-refractivity contribution in [3.63, 3.8) is 0 Å². The van der Waals surface area contributed by atoms with E-state index in [1.54, 1.807) is 12.1 Å². The van der Waals surface area contributed by atoms with Crippen molar-refractivity contribution in [2.75, 3.05) is 19.8 Å². The summed E-state index contributed by atoms with van der Waals surface area (Å²) in [7, 11) is 0. The van der Waals surface area contributed by atoms with E-state index in [2.05, 4.69) is 15.4 Å². The number of halogens is 1. The molecule has 1 fully saturated rings. The number of carbonyl (C=O) groups is 1. The highest BCUT2D eigenvalue weighted by atomic mass is 19.1. The predicted octanol–water partition coefficient (Wildman–Crippen LogP) is 3.00. The number of carbonyl (C=O) groups excluding carboxylic acids is 1. The minimum absolute atomic E-state index is 0.0244. The summed E-state index contributed by atoms with van der Waals surface area (Å²) >= 11 is 0. The molecule has 3 aromatic rings. The third kappa shape index (κ3) is 4.08. The zero-order valence-corrected chi connectivity index (χ0v) is 16.9. The molecular formula is C22H22FN5O3. The molecule has 0 saturated carbocycles. The number of ether oxygens (including phenoxy) is 2. The number of benzene rings is 2. The van der Waals surface area contributed by atoms with E-state index < -0.39 is 0 Å². The number of hydrogen-bond donors (Lipinski definition) is 0. The Labute approximate surface area is 178 Å². The van der Waals surface area contributed by atoms with Gasteiger partial charge in [0.1, 0.15) is 12.4 Å². The Bertz CT molecular complexity index is 1100. The van der Waals surface area contributed by atoms with Crippen molar-refractivity contribution >= 4 is 5.91 Å². The number of fused-ring (bicyclic) bond motifs is 1. The topological polar surface area (TPSA) is 82.4 Å². The minimum Gasteiger partial charge on any atom is -0.490 e. The monoisotopic (exact) mass is 423 g/mol. The molecule has 3 heterocycles. The molecule has 160 valence electrons. The Kier molecular flexibility index (Phi) is 5.23. The van der Waals surface area contributed by atoms with Gasteiger partial charge in [-0.25, -0.2) is 4.39 Å². The number of amides is 1. The van der Waals surface area contributed by atoms with Gasteiger partial charge in [0, 0.05) is 18.5 Å². The predicted molar refractivity (Wildman–Crippen MR) is 109 cm³/mol. The molecule has 1 amide bonds. The van der Waals surface area contributed by atoms with Gasteiger partial charge in [-0.3, -0.25) is 4.79 Å². The van der Waals surface area contributed by atoms with Crippen LogP contribution < -0.4 is 9.47 Å². The van der Waals surface area contributed by atoms with Gasteiger partial charge in [-0.1, -0.05) is 18.2 Å². The van der Waals surface area contributed by atoms with Gasteiger partial charge in [-0.05, 0) is 47.9 Å². The lowest BCUT2D eigenvalue weighted by atomic mass is 10.0. The Hall–Kier alpha value is -3.49. The fourth-order valence-electron chi connectivity index (χ4n) is 4.06. The average molecular weight is 423 g/mol. The summed E-state index contributed by atoms with van der Waals surface area (Å²) in [6, 6.07) is 11.8. The standard InChI is InChI=1S/C22H22FN5O3/c23-17-5-1-4-16(12-17)22-24-26-28(25-22)14-21(29)27-9-2-6-18(27)15-7-8-19-20(13-15)31-11-3-10-30-19/h1,4-5,7-8,12-13,18H,2-3,6,9-11,14H2. The SMILES string of the molecule is O=C(Cn1nnc(-c2cccc(F)c2)n1)N1CCCC1c1ccc2c(c1)OCCCO2. The summed E-state index contributed by atoms with van der Waals surface area (Å²) in [6.45, 7) is 1.91. The molecule has 5 rings (SSSR count). The van der Waals surface area contributed by atoms with Crippen LogP contribution in [0.1, 0.15) is 30.9 Å². The Balaban J connectivity index is 1.31. The summed E-state index contributed by atoms with van der Waals surface area (Å²) in [5.41, 5.74) is 1.55. The molecule has 31 heavy (non-hydrogen) atoms. The largest absolute Gasteiger partial charge is 0.490 e. The van der Waals surface area contributed by atoms with Crippen LogP contribution in [-0.4, -0.2) is 50.8 Å². The Morgan fingerprint density at radius 1 is 1.10 bits per heavy atom.